The Morgan fingerprint density at radius 2 is 2.05 bits per heavy atom. The number of fused-ring (bicyclic) bond motifs is 1. The van der Waals surface area contributed by atoms with Crippen molar-refractivity contribution in [3.8, 4) is 11.3 Å². The fourth-order valence-electron chi connectivity index (χ4n) is 2.06. The quantitative estimate of drug-likeness (QED) is 0.781. The van der Waals surface area contributed by atoms with Crippen molar-refractivity contribution in [1.82, 2.24) is 14.6 Å². The summed E-state index contributed by atoms with van der Waals surface area (Å²) >= 11 is 12.1. The largest absolute Gasteiger partial charge is 0.477 e. The Morgan fingerprint density at radius 1 is 1.29 bits per heavy atom. The molecule has 0 aliphatic heterocycles. The monoisotopic (exact) mass is 321 g/mol. The first-order chi connectivity index (χ1) is 9.97. The average Bonchev–Trinajstić information content (AvgIpc) is 2.82. The smallest absolute Gasteiger partial charge is 0.354 e. The van der Waals surface area contributed by atoms with Crippen LogP contribution in [0.3, 0.4) is 0 Å². The van der Waals surface area contributed by atoms with E-state index in [0.29, 0.717) is 26.9 Å². The minimum Gasteiger partial charge on any atom is -0.477 e. The van der Waals surface area contributed by atoms with Gasteiger partial charge in [-0.05, 0) is 31.2 Å². The molecule has 1 N–H and O–H groups in total. The molecule has 3 aromatic rings. The fourth-order valence-corrected chi connectivity index (χ4v) is 2.44. The van der Waals surface area contributed by atoms with Crippen molar-refractivity contribution in [2.75, 3.05) is 0 Å². The second kappa shape index (κ2) is 5.02. The van der Waals surface area contributed by atoms with E-state index < -0.39 is 5.97 Å². The molecule has 0 fully saturated rings. The first kappa shape index (κ1) is 13.9. The lowest BCUT2D eigenvalue weighted by Gasteiger charge is -2.07. The van der Waals surface area contributed by atoms with Gasteiger partial charge in [-0.15, -0.1) is 0 Å². The molecular weight excluding hydrogens is 313 g/mol. The van der Waals surface area contributed by atoms with Crippen molar-refractivity contribution >= 4 is 34.8 Å². The Hall–Kier alpha value is -2.11. The highest BCUT2D eigenvalue weighted by Gasteiger charge is 2.16. The highest BCUT2D eigenvalue weighted by molar-refractivity contribution is 6.35. The van der Waals surface area contributed by atoms with Crippen LogP contribution in [0.25, 0.3) is 16.9 Å². The summed E-state index contributed by atoms with van der Waals surface area (Å²) < 4.78 is 1.29. The summed E-state index contributed by atoms with van der Waals surface area (Å²) in [6, 6.07) is 6.39. The van der Waals surface area contributed by atoms with Crippen LogP contribution < -0.4 is 0 Å². The maximum absolute atomic E-state index is 11.4. The van der Waals surface area contributed by atoms with E-state index in [2.05, 4.69) is 10.1 Å². The van der Waals surface area contributed by atoms with Gasteiger partial charge in [0.05, 0.1) is 16.9 Å². The van der Waals surface area contributed by atoms with Gasteiger partial charge in [-0.3, -0.25) is 0 Å². The second-order valence-electron chi connectivity index (χ2n) is 4.52. The molecule has 3 rings (SSSR count). The van der Waals surface area contributed by atoms with Gasteiger partial charge in [0.25, 0.3) is 0 Å². The highest BCUT2D eigenvalue weighted by atomic mass is 35.5. The molecule has 0 aliphatic rings. The third-order valence-electron chi connectivity index (χ3n) is 3.07. The lowest BCUT2D eigenvalue weighted by atomic mass is 10.1. The van der Waals surface area contributed by atoms with Crippen LogP contribution in [0.15, 0.2) is 30.5 Å². The zero-order valence-electron chi connectivity index (χ0n) is 10.8. The lowest BCUT2D eigenvalue weighted by molar-refractivity contribution is 0.0687. The van der Waals surface area contributed by atoms with Crippen molar-refractivity contribution in [2.24, 2.45) is 0 Å². The predicted molar refractivity (Wildman–Crippen MR) is 80.1 cm³/mol. The molecule has 0 atom stereocenters. The first-order valence-corrected chi connectivity index (χ1v) is 6.77. The molecule has 1 aromatic carbocycles. The van der Waals surface area contributed by atoms with Crippen LogP contribution in [0.4, 0.5) is 0 Å². The van der Waals surface area contributed by atoms with E-state index in [-0.39, 0.29) is 5.69 Å². The summed E-state index contributed by atoms with van der Waals surface area (Å²) in [6.45, 7) is 1.81. The Labute approximate surface area is 129 Å². The number of aromatic nitrogens is 3. The van der Waals surface area contributed by atoms with Gasteiger partial charge >= 0.3 is 5.97 Å². The van der Waals surface area contributed by atoms with Crippen LogP contribution in [-0.2, 0) is 0 Å². The van der Waals surface area contributed by atoms with Gasteiger partial charge in [-0.1, -0.05) is 23.2 Å². The van der Waals surface area contributed by atoms with Crippen LogP contribution >= 0.6 is 23.2 Å². The van der Waals surface area contributed by atoms with Gasteiger partial charge in [0, 0.05) is 16.1 Å². The van der Waals surface area contributed by atoms with Gasteiger partial charge in [-0.2, -0.15) is 5.10 Å². The number of carboxylic acids is 1. The third-order valence-corrected chi connectivity index (χ3v) is 3.64. The number of halogens is 2. The second-order valence-corrected chi connectivity index (χ2v) is 5.36. The van der Waals surface area contributed by atoms with Crippen LogP contribution in [0.2, 0.25) is 10.0 Å². The van der Waals surface area contributed by atoms with E-state index in [1.807, 2.05) is 6.92 Å². The SMILES string of the molecule is Cc1cnn2c(C(=O)O)cc(-c3cc(Cl)ccc3Cl)nc12. The summed E-state index contributed by atoms with van der Waals surface area (Å²) in [5, 5.41) is 14.3. The number of hydrogen-bond acceptors (Lipinski definition) is 3. The number of aromatic carboxylic acids is 1. The maximum Gasteiger partial charge on any atom is 0.354 e. The van der Waals surface area contributed by atoms with Gasteiger partial charge in [0.15, 0.2) is 11.3 Å². The number of carboxylic acid groups (broad SMARTS) is 1. The summed E-state index contributed by atoms with van der Waals surface area (Å²) in [7, 11) is 0. The number of aryl methyl sites for hydroxylation is 1. The van der Waals surface area contributed by atoms with Crippen LogP contribution in [0, 0.1) is 6.92 Å². The first-order valence-electron chi connectivity index (χ1n) is 6.01. The molecule has 21 heavy (non-hydrogen) atoms. The maximum atomic E-state index is 11.4. The Balaban J connectivity index is 2.35. The van der Waals surface area contributed by atoms with E-state index in [4.69, 9.17) is 23.2 Å². The number of hydrogen-bond donors (Lipinski definition) is 1. The van der Waals surface area contributed by atoms with E-state index >= 15 is 0 Å². The number of benzene rings is 1. The standard InChI is InChI=1S/C14H9Cl2N3O2/c1-7-6-17-19-12(14(20)21)5-11(18-13(7)19)9-4-8(15)2-3-10(9)16/h2-6H,1H3,(H,20,21). The van der Waals surface area contributed by atoms with Crippen LogP contribution in [0.1, 0.15) is 16.1 Å². The van der Waals surface area contributed by atoms with Gasteiger partial charge in [-0.25, -0.2) is 14.3 Å². The topological polar surface area (TPSA) is 67.5 Å². The average molecular weight is 322 g/mol. The molecule has 0 amide bonds. The molecule has 2 aromatic heterocycles. The summed E-state index contributed by atoms with van der Waals surface area (Å²) in [5.74, 6) is -1.09. The summed E-state index contributed by atoms with van der Waals surface area (Å²) in [6.07, 6.45) is 1.57. The van der Waals surface area contributed by atoms with E-state index in [0.717, 1.165) is 5.56 Å². The minimum absolute atomic E-state index is 0.0131. The molecule has 0 aliphatic carbocycles. The third kappa shape index (κ3) is 2.34. The molecule has 2 heterocycles. The molecular formula is C14H9Cl2N3O2. The predicted octanol–water partition coefficient (Wildman–Crippen LogP) is 3.71. The van der Waals surface area contributed by atoms with Crippen molar-refractivity contribution in [3.05, 3.63) is 51.8 Å². The normalized spacial score (nSPS) is 11.0. The van der Waals surface area contributed by atoms with E-state index in [9.17, 15) is 9.90 Å². The number of nitrogens with zero attached hydrogens (tertiary/aromatic N) is 3. The molecule has 0 spiro atoms. The van der Waals surface area contributed by atoms with Gasteiger partial charge in [0.1, 0.15) is 0 Å². The lowest BCUT2D eigenvalue weighted by Crippen LogP contribution is -2.08. The minimum atomic E-state index is -1.09. The zero-order chi connectivity index (χ0) is 15.1. The van der Waals surface area contributed by atoms with Crippen LogP contribution in [0.5, 0.6) is 0 Å². The van der Waals surface area contributed by atoms with E-state index in [1.54, 1.807) is 24.4 Å². The Bertz CT molecular complexity index is 874. The molecule has 0 radical (unpaired) electrons. The van der Waals surface area contributed by atoms with Crippen molar-refractivity contribution in [2.45, 2.75) is 6.92 Å². The van der Waals surface area contributed by atoms with Gasteiger partial charge < -0.3 is 5.11 Å². The number of rotatable bonds is 2. The molecule has 7 heteroatoms. The molecule has 0 unspecified atom stereocenters. The van der Waals surface area contributed by atoms with Crippen molar-refractivity contribution < 1.29 is 9.90 Å². The highest BCUT2D eigenvalue weighted by Crippen LogP contribution is 2.30. The van der Waals surface area contributed by atoms with Crippen molar-refractivity contribution in [3.63, 3.8) is 0 Å². The van der Waals surface area contributed by atoms with Gasteiger partial charge in [0.2, 0.25) is 0 Å². The molecule has 5 nitrogen and oxygen atoms in total. The molecule has 106 valence electrons. The van der Waals surface area contributed by atoms with Crippen LogP contribution in [-0.4, -0.2) is 25.7 Å². The summed E-state index contributed by atoms with van der Waals surface area (Å²) in [4.78, 5) is 15.9. The van der Waals surface area contributed by atoms with Crippen molar-refractivity contribution in [1.29, 1.82) is 0 Å². The Kier molecular flexibility index (Phi) is 3.31. The molecule has 0 saturated heterocycles. The molecule has 0 saturated carbocycles. The zero-order valence-corrected chi connectivity index (χ0v) is 12.4. The van der Waals surface area contributed by atoms with E-state index in [1.165, 1.54) is 10.6 Å². The fraction of sp³-hybridized carbons (Fsp3) is 0.0714. The number of carbonyl (C=O) groups is 1. The summed E-state index contributed by atoms with van der Waals surface area (Å²) in [5.41, 5.74) is 2.28. The molecule has 0 bridgehead atoms. The Morgan fingerprint density at radius 3 is 2.76 bits per heavy atom.